The molecule has 4 heterocycles. The molecule has 0 atom stereocenters. The number of fused-ring (bicyclic) bond motifs is 2. The first-order valence-corrected chi connectivity index (χ1v) is 11.0. The van der Waals surface area contributed by atoms with Crippen LogP contribution in [0.2, 0.25) is 0 Å². The van der Waals surface area contributed by atoms with Crippen molar-refractivity contribution < 1.29 is 4.79 Å². The molecule has 0 radical (unpaired) electrons. The highest BCUT2D eigenvalue weighted by Crippen LogP contribution is 2.29. The Morgan fingerprint density at radius 2 is 1.91 bits per heavy atom. The van der Waals surface area contributed by atoms with Crippen LogP contribution in [0.1, 0.15) is 23.0 Å². The van der Waals surface area contributed by atoms with E-state index in [0.29, 0.717) is 23.3 Å². The predicted octanol–water partition coefficient (Wildman–Crippen LogP) is 4.65. The van der Waals surface area contributed by atoms with Gasteiger partial charge in [-0.25, -0.2) is 15.0 Å². The van der Waals surface area contributed by atoms with Crippen molar-refractivity contribution in [1.29, 1.82) is 0 Å². The molecule has 0 aliphatic carbocycles. The van der Waals surface area contributed by atoms with Crippen LogP contribution < -0.4 is 10.7 Å². The SMILES string of the molecule is CCn1cc(C(=O)Nc2ccc(-c3nc4cccnc4s3)cc2)c(=O)c2ccc(C)nc21. The van der Waals surface area contributed by atoms with Gasteiger partial charge < -0.3 is 9.88 Å². The van der Waals surface area contributed by atoms with E-state index in [1.54, 1.807) is 36.7 Å². The highest BCUT2D eigenvalue weighted by atomic mass is 32.1. The number of hydrogen-bond donors (Lipinski definition) is 1. The molecule has 0 saturated carbocycles. The normalized spacial score (nSPS) is 11.2. The predicted molar refractivity (Wildman–Crippen MR) is 127 cm³/mol. The van der Waals surface area contributed by atoms with E-state index < -0.39 is 5.91 Å². The second-order valence-corrected chi connectivity index (χ2v) is 8.34. The molecule has 0 saturated heterocycles. The van der Waals surface area contributed by atoms with E-state index in [1.165, 1.54) is 11.3 Å². The lowest BCUT2D eigenvalue weighted by molar-refractivity contribution is 0.102. The van der Waals surface area contributed by atoms with E-state index in [9.17, 15) is 9.59 Å². The van der Waals surface area contributed by atoms with Gasteiger partial charge in [0.05, 0.1) is 5.39 Å². The van der Waals surface area contributed by atoms with Crippen LogP contribution in [0.4, 0.5) is 5.69 Å². The van der Waals surface area contributed by atoms with Gasteiger partial charge in [-0.1, -0.05) is 11.3 Å². The third-order valence-electron chi connectivity index (χ3n) is 5.20. The Hall–Kier alpha value is -3.91. The number of carbonyl (C=O) groups excluding carboxylic acids is 1. The number of rotatable bonds is 4. The maximum absolute atomic E-state index is 12.9. The van der Waals surface area contributed by atoms with Crippen LogP contribution in [0.15, 0.2) is 65.7 Å². The Balaban J connectivity index is 1.44. The number of nitrogens with zero attached hydrogens (tertiary/aromatic N) is 4. The monoisotopic (exact) mass is 441 g/mol. The van der Waals surface area contributed by atoms with E-state index in [2.05, 4.69) is 20.3 Å². The van der Waals surface area contributed by atoms with Crippen LogP contribution in [0, 0.1) is 6.92 Å². The summed E-state index contributed by atoms with van der Waals surface area (Å²) in [5.41, 5.74) is 3.57. The third-order valence-corrected chi connectivity index (χ3v) is 6.23. The molecular weight excluding hydrogens is 422 g/mol. The van der Waals surface area contributed by atoms with Gasteiger partial charge in [-0.2, -0.15) is 0 Å². The smallest absolute Gasteiger partial charge is 0.261 e. The van der Waals surface area contributed by atoms with Gasteiger partial charge in [0.2, 0.25) is 5.43 Å². The van der Waals surface area contributed by atoms with Crippen LogP contribution in [0.25, 0.3) is 32.0 Å². The van der Waals surface area contributed by atoms with Gasteiger partial charge in [0.1, 0.15) is 26.6 Å². The summed E-state index contributed by atoms with van der Waals surface area (Å²) in [6.07, 6.45) is 3.33. The first kappa shape index (κ1) is 20.0. The third kappa shape index (κ3) is 3.54. The maximum atomic E-state index is 12.9. The molecule has 32 heavy (non-hydrogen) atoms. The number of nitrogens with one attached hydrogen (secondary N) is 1. The van der Waals surface area contributed by atoms with E-state index in [-0.39, 0.29) is 11.0 Å². The topological polar surface area (TPSA) is 89.8 Å². The van der Waals surface area contributed by atoms with E-state index in [4.69, 9.17) is 0 Å². The zero-order chi connectivity index (χ0) is 22.2. The molecule has 7 nitrogen and oxygen atoms in total. The minimum absolute atomic E-state index is 0.0892. The average molecular weight is 442 g/mol. The Labute approximate surface area is 187 Å². The van der Waals surface area contributed by atoms with Gasteiger partial charge in [0.15, 0.2) is 0 Å². The molecule has 8 heteroatoms. The summed E-state index contributed by atoms with van der Waals surface area (Å²) in [6, 6.07) is 14.7. The van der Waals surface area contributed by atoms with Gasteiger partial charge in [0, 0.05) is 35.9 Å². The zero-order valence-electron chi connectivity index (χ0n) is 17.5. The van der Waals surface area contributed by atoms with Crippen molar-refractivity contribution >= 4 is 44.3 Å². The molecule has 0 aliphatic rings. The molecule has 5 rings (SSSR count). The second kappa shape index (κ2) is 7.97. The molecular formula is C24H19N5O2S. The summed E-state index contributed by atoms with van der Waals surface area (Å²) in [5.74, 6) is -0.448. The van der Waals surface area contributed by atoms with E-state index >= 15 is 0 Å². The van der Waals surface area contributed by atoms with Gasteiger partial charge in [0.25, 0.3) is 5.91 Å². The van der Waals surface area contributed by atoms with Crippen molar-refractivity contribution in [3.63, 3.8) is 0 Å². The summed E-state index contributed by atoms with van der Waals surface area (Å²) in [6.45, 7) is 4.42. The maximum Gasteiger partial charge on any atom is 0.261 e. The number of pyridine rings is 3. The van der Waals surface area contributed by atoms with Crippen molar-refractivity contribution in [2.75, 3.05) is 5.32 Å². The Morgan fingerprint density at radius 1 is 1.09 bits per heavy atom. The number of carbonyl (C=O) groups is 1. The lowest BCUT2D eigenvalue weighted by Gasteiger charge is -2.11. The highest BCUT2D eigenvalue weighted by Gasteiger charge is 2.16. The molecule has 0 spiro atoms. The summed E-state index contributed by atoms with van der Waals surface area (Å²) < 4.78 is 1.82. The molecule has 4 aromatic heterocycles. The quantitative estimate of drug-likeness (QED) is 0.438. The molecule has 0 aliphatic heterocycles. The van der Waals surface area contributed by atoms with Crippen molar-refractivity contribution in [3.8, 4) is 10.6 Å². The zero-order valence-corrected chi connectivity index (χ0v) is 18.3. The number of anilines is 1. The number of aryl methyl sites for hydroxylation is 2. The molecule has 1 N–H and O–H groups in total. The number of benzene rings is 1. The van der Waals surface area contributed by atoms with Crippen LogP contribution in [-0.4, -0.2) is 25.4 Å². The average Bonchev–Trinajstić information content (AvgIpc) is 3.24. The van der Waals surface area contributed by atoms with Crippen molar-refractivity contribution in [3.05, 3.63) is 82.4 Å². The van der Waals surface area contributed by atoms with Crippen molar-refractivity contribution in [2.45, 2.75) is 20.4 Å². The minimum atomic E-state index is -0.448. The fourth-order valence-electron chi connectivity index (χ4n) is 3.55. The van der Waals surface area contributed by atoms with Crippen molar-refractivity contribution in [2.24, 2.45) is 0 Å². The van der Waals surface area contributed by atoms with Crippen LogP contribution >= 0.6 is 11.3 Å². The Bertz CT molecular complexity index is 1500. The fraction of sp³-hybridized carbons (Fsp3) is 0.125. The first-order chi connectivity index (χ1) is 15.5. The van der Waals surface area contributed by atoms with Crippen LogP contribution in [-0.2, 0) is 6.54 Å². The second-order valence-electron chi connectivity index (χ2n) is 7.36. The standard InChI is InChI=1S/C24H19N5O2S/c1-3-29-13-18(20(30)17-11-6-14(2)26-21(17)29)22(31)27-16-9-7-15(8-10-16)23-28-19-5-4-12-25-24(19)32-23/h4-13H,3H2,1-2H3,(H,27,31). The molecule has 1 aromatic carbocycles. The number of hydrogen-bond acceptors (Lipinski definition) is 6. The number of amides is 1. The van der Waals surface area contributed by atoms with Crippen LogP contribution in [0.3, 0.4) is 0 Å². The lowest BCUT2D eigenvalue weighted by Crippen LogP contribution is -2.24. The summed E-state index contributed by atoms with van der Waals surface area (Å²) in [4.78, 5) is 40.1. The van der Waals surface area contributed by atoms with Gasteiger partial charge in [-0.05, 0) is 62.4 Å². The van der Waals surface area contributed by atoms with Gasteiger partial charge in [-0.15, -0.1) is 0 Å². The summed E-state index contributed by atoms with van der Waals surface area (Å²) in [5, 5.41) is 4.13. The van der Waals surface area contributed by atoms with Crippen LogP contribution in [0.5, 0.6) is 0 Å². The molecule has 158 valence electrons. The minimum Gasteiger partial charge on any atom is -0.332 e. The molecule has 5 aromatic rings. The fourth-order valence-corrected chi connectivity index (χ4v) is 4.46. The first-order valence-electron chi connectivity index (χ1n) is 10.2. The Kier molecular flexibility index (Phi) is 4.99. The van der Waals surface area contributed by atoms with Gasteiger partial charge in [-0.3, -0.25) is 9.59 Å². The summed E-state index contributed by atoms with van der Waals surface area (Å²) >= 11 is 1.52. The van der Waals surface area contributed by atoms with E-state index in [1.807, 2.05) is 42.7 Å². The lowest BCUT2D eigenvalue weighted by atomic mass is 10.1. The van der Waals surface area contributed by atoms with Gasteiger partial charge >= 0.3 is 0 Å². The number of thiazole rings is 1. The molecule has 0 bridgehead atoms. The highest BCUT2D eigenvalue weighted by molar-refractivity contribution is 7.21. The molecule has 0 unspecified atom stereocenters. The molecule has 0 fully saturated rings. The summed E-state index contributed by atoms with van der Waals surface area (Å²) in [7, 11) is 0. The molecule has 1 amide bonds. The number of aromatic nitrogens is 4. The Morgan fingerprint density at radius 3 is 2.66 bits per heavy atom. The largest absolute Gasteiger partial charge is 0.332 e. The van der Waals surface area contributed by atoms with Crippen molar-refractivity contribution in [1.82, 2.24) is 19.5 Å². The van der Waals surface area contributed by atoms with E-state index in [0.717, 1.165) is 26.6 Å².